The maximum atomic E-state index is 8.18. The second-order valence-corrected chi connectivity index (χ2v) is 2.80. The molecule has 0 aromatic carbocycles. The molecule has 0 aliphatic heterocycles. The van der Waals surface area contributed by atoms with Crippen molar-refractivity contribution in [3.63, 3.8) is 0 Å². The Labute approximate surface area is 57.2 Å². The molecular weight excluding hydrogens is 114 g/mol. The summed E-state index contributed by atoms with van der Waals surface area (Å²) in [4.78, 5) is 0. The van der Waals surface area contributed by atoms with Crippen LogP contribution in [0.25, 0.3) is 0 Å². The van der Waals surface area contributed by atoms with Gasteiger partial charge in [0.15, 0.2) is 0 Å². The first kappa shape index (κ1) is 8.92. The second-order valence-electron chi connectivity index (χ2n) is 2.80. The number of hydroxylamine groups is 1. The Kier molecular flexibility index (Phi) is 5.99. The normalized spacial score (nSPS) is 10.7. The maximum Gasteiger partial charge on any atom is 0.0207 e. The van der Waals surface area contributed by atoms with E-state index in [1.165, 1.54) is 12.8 Å². The van der Waals surface area contributed by atoms with E-state index in [-0.39, 0.29) is 0 Å². The van der Waals surface area contributed by atoms with E-state index in [1.807, 2.05) is 0 Å². The van der Waals surface area contributed by atoms with Crippen molar-refractivity contribution >= 4 is 0 Å². The topological polar surface area (TPSA) is 32.3 Å². The average molecular weight is 131 g/mol. The van der Waals surface area contributed by atoms with Crippen molar-refractivity contribution in [2.75, 3.05) is 6.54 Å². The second kappa shape index (κ2) is 6.05. The van der Waals surface area contributed by atoms with E-state index >= 15 is 0 Å². The van der Waals surface area contributed by atoms with Gasteiger partial charge in [-0.1, -0.05) is 26.7 Å². The number of unbranched alkanes of at least 4 members (excludes halogenated alkanes) is 1. The van der Waals surface area contributed by atoms with Crippen LogP contribution in [-0.4, -0.2) is 11.8 Å². The predicted molar refractivity (Wildman–Crippen MR) is 38.5 cm³/mol. The summed E-state index contributed by atoms with van der Waals surface area (Å²) in [6.07, 6.45) is 3.56. The monoisotopic (exact) mass is 131 g/mol. The van der Waals surface area contributed by atoms with Gasteiger partial charge < -0.3 is 5.21 Å². The van der Waals surface area contributed by atoms with Gasteiger partial charge in [-0.15, -0.1) is 0 Å². The zero-order valence-corrected chi connectivity index (χ0v) is 6.35. The summed E-state index contributed by atoms with van der Waals surface area (Å²) in [5.41, 5.74) is 2.14. The molecule has 0 saturated heterocycles. The lowest BCUT2D eigenvalue weighted by molar-refractivity contribution is 0.164. The lowest BCUT2D eigenvalue weighted by Gasteiger charge is -2.02. The number of nitrogens with one attached hydrogen (secondary N) is 1. The smallest absolute Gasteiger partial charge is 0.0207 e. The first-order valence-corrected chi connectivity index (χ1v) is 3.64. The Morgan fingerprint density at radius 1 is 1.33 bits per heavy atom. The molecule has 0 fully saturated rings. The van der Waals surface area contributed by atoms with Gasteiger partial charge in [0.2, 0.25) is 0 Å². The van der Waals surface area contributed by atoms with E-state index < -0.39 is 0 Å². The minimum Gasteiger partial charge on any atom is -0.317 e. The van der Waals surface area contributed by atoms with Gasteiger partial charge in [-0.25, -0.2) is 5.48 Å². The van der Waals surface area contributed by atoms with Crippen LogP contribution < -0.4 is 5.48 Å². The molecule has 0 aliphatic carbocycles. The van der Waals surface area contributed by atoms with E-state index in [0.29, 0.717) is 0 Å². The van der Waals surface area contributed by atoms with Crippen LogP contribution in [0, 0.1) is 5.92 Å². The van der Waals surface area contributed by atoms with Crippen molar-refractivity contribution in [1.29, 1.82) is 0 Å². The Balaban J connectivity index is 2.75. The van der Waals surface area contributed by atoms with Crippen LogP contribution in [0.15, 0.2) is 0 Å². The summed E-state index contributed by atoms with van der Waals surface area (Å²) in [7, 11) is 0. The van der Waals surface area contributed by atoms with Gasteiger partial charge in [0.05, 0.1) is 0 Å². The molecule has 2 nitrogen and oxygen atoms in total. The fourth-order valence-electron chi connectivity index (χ4n) is 0.757. The van der Waals surface area contributed by atoms with Crippen molar-refractivity contribution in [1.82, 2.24) is 5.48 Å². The highest BCUT2D eigenvalue weighted by molar-refractivity contribution is 4.46. The summed E-state index contributed by atoms with van der Waals surface area (Å²) < 4.78 is 0. The van der Waals surface area contributed by atoms with Crippen LogP contribution in [-0.2, 0) is 0 Å². The number of hydrogen-bond acceptors (Lipinski definition) is 2. The molecule has 0 aromatic heterocycles. The molecule has 56 valence electrons. The van der Waals surface area contributed by atoms with E-state index in [2.05, 4.69) is 19.3 Å². The Morgan fingerprint density at radius 3 is 2.44 bits per heavy atom. The third-order valence-electron chi connectivity index (χ3n) is 1.32. The van der Waals surface area contributed by atoms with Gasteiger partial charge in [0, 0.05) is 6.54 Å². The largest absolute Gasteiger partial charge is 0.317 e. The first-order chi connectivity index (χ1) is 4.27. The molecule has 2 heteroatoms. The molecule has 0 saturated carbocycles. The highest BCUT2D eigenvalue weighted by Gasteiger charge is 1.91. The van der Waals surface area contributed by atoms with Crippen molar-refractivity contribution < 1.29 is 5.21 Å². The van der Waals surface area contributed by atoms with Crippen molar-refractivity contribution in [2.45, 2.75) is 33.1 Å². The zero-order chi connectivity index (χ0) is 7.11. The molecule has 0 radical (unpaired) electrons. The van der Waals surface area contributed by atoms with Gasteiger partial charge in [-0.3, -0.25) is 0 Å². The molecule has 0 atom stereocenters. The van der Waals surface area contributed by atoms with Crippen LogP contribution in [0.4, 0.5) is 0 Å². The molecule has 0 rings (SSSR count). The number of rotatable bonds is 5. The lowest BCUT2D eigenvalue weighted by atomic mass is 10.1. The molecule has 0 unspecified atom stereocenters. The van der Waals surface area contributed by atoms with Gasteiger partial charge >= 0.3 is 0 Å². The predicted octanol–water partition coefficient (Wildman–Crippen LogP) is 1.79. The molecule has 0 bridgehead atoms. The molecule has 2 N–H and O–H groups in total. The molecular formula is C7H17NO. The standard InChI is InChI=1S/C7H17NO/c1-7(2)5-3-4-6-8-9/h7-9H,3-6H2,1-2H3. The third kappa shape index (κ3) is 7.92. The van der Waals surface area contributed by atoms with Gasteiger partial charge in [0.1, 0.15) is 0 Å². The Morgan fingerprint density at radius 2 is 2.00 bits per heavy atom. The van der Waals surface area contributed by atoms with Crippen LogP contribution >= 0.6 is 0 Å². The quantitative estimate of drug-likeness (QED) is 0.440. The van der Waals surface area contributed by atoms with Crippen LogP contribution in [0.1, 0.15) is 33.1 Å². The SMILES string of the molecule is CC(C)CCCCNO. The fraction of sp³-hybridized carbons (Fsp3) is 1.00. The highest BCUT2D eigenvalue weighted by Crippen LogP contribution is 2.04. The van der Waals surface area contributed by atoms with E-state index in [0.717, 1.165) is 18.9 Å². The number of hydrogen-bond donors (Lipinski definition) is 2. The van der Waals surface area contributed by atoms with Crippen molar-refractivity contribution in [3.8, 4) is 0 Å². The molecule has 0 spiro atoms. The third-order valence-corrected chi connectivity index (χ3v) is 1.32. The van der Waals surface area contributed by atoms with Crippen molar-refractivity contribution in [3.05, 3.63) is 0 Å². The summed E-state index contributed by atoms with van der Waals surface area (Å²) in [6.45, 7) is 5.16. The highest BCUT2D eigenvalue weighted by atomic mass is 16.5. The molecule has 0 aliphatic rings. The molecule has 0 aromatic rings. The van der Waals surface area contributed by atoms with Gasteiger partial charge in [-0.05, 0) is 12.3 Å². The molecule has 0 amide bonds. The Bertz CT molecular complexity index is 54.9. The average Bonchev–Trinajstić information content (AvgIpc) is 1.80. The van der Waals surface area contributed by atoms with Crippen molar-refractivity contribution in [2.24, 2.45) is 5.92 Å². The fourth-order valence-corrected chi connectivity index (χ4v) is 0.757. The zero-order valence-electron chi connectivity index (χ0n) is 6.35. The Hall–Kier alpha value is -0.0800. The first-order valence-electron chi connectivity index (χ1n) is 3.64. The summed E-state index contributed by atoms with van der Waals surface area (Å²) in [5.74, 6) is 0.795. The minimum atomic E-state index is 0.729. The van der Waals surface area contributed by atoms with E-state index in [4.69, 9.17) is 5.21 Å². The van der Waals surface area contributed by atoms with E-state index in [9.17, 15) is 0 Å². The summed E-state index contributed by atoms with van der Waals surface area (Å²) in [6, 6.07) is 0. The minimum absolute atomic E-state index is 0.729. The molecule has 9 heavy (non-hydrogen) atoms. The van der Waals surface area contributed by atoms with Crippen LogP contribution in [0.5, 0.6) is 0 Å². The maximum absolute atomic E-state index is 8.18. The lowest BCUT2D eigenvalue weighted by Crippen LogP contribution is -2.08. The van der Waals surface area contributed by atoms with E-state index in [1.54, 1.807) is 0 Å². The molecule has 0 heterocycles. The summed E-state index contributed by atoms with van der Waals surface area (Å²) >= 11 is 0. The summed E-state index contributed by atoms with van der Waals surface area (Å²) in [5, 5.41) is 8.18. The van der Waals surface area contributed by atoms with Gasteiger partial charge in [-0.2, -0.15) is 0 Å². The van der Waals surface area contributed by atoms with Crippen LogP contribution in [0.2, 0.25) is 0 Å². The van der Waals surface area contributed by atoms with Crippen LogP contribution in [0.3, 0.4) is 0 Å². The van der Waals surface area contributed by atoms with Gasteiger partial charge in [0.25, 0.3) is 0 Å².